The van der Waals surface area contributed by atoms with Gasteiger partial charge in [-0.15, -0.1) is 0 Å². The van der Waals surface area contributed by atoms with E-state index in [1.165, 1.54) is 0 Å². The molecule has 0 radical (unpaired) electrons. The smallest absolute Gasteiger partial charge is 0.180 e. The summed E-state index contributed by atoms with van der Waals surface area (Å²) in [6.07, 6.45) is 4.69. The molecule has 0 aliphatic rings. The number of anilines is 1. The third-order valence-corrected chi connectivity index (χ3v) is 2.69. The molecule has 0 saturated carbocycles. The summed E-state index contributed by atoms with van der Waals surface area (Å²) in [7, 11) is 0. The fourth-order valence-corrected chi connectivity index (χ4v) is 1.79. The van der Waals surface area contributed by atoms with Gasteiger partial charge < -0.3 is 9.88 Å². The van der Waals surface area contributed by atoms with E-state index in [9.17, 15) is 0 Å². The lowest BCUT2D eigenvalue weighted by Crippen LogP contribution is -2.06. The summed E-state index contributed by atoms with van der Waals surface area (Å²) in [5.41, 5.74) is 1.92. The molecule has 2 rings (SSSR count). The van der Waals surface area contributed by atoms with Crippen molar-refractivity contribution >= 4 is 5.82 Å². The number of rotatable bonds is 5. The number of aryl methyl sites for hydroxylation is 2. The molecular formula is C13H19N5. The average molecular weight is 245 g/mol. The molecule has 0 atom stereocenters. The molecule has 96 valence electrons. The van der Waals surface area contributed by atoms with Crippen molar-refractivity contribution in [3.8, 4) is 11.5 Å². The van der Waals surface area contributed by atoms with E-state index in [-0.39, 0.29) is 0 Å². The first-order valence-electron chi connectivity index (χ1n) is 6.34. The number of imidazole rings is 1. The Hall–Kier alpha value is -1.91. The lowest BCUT2D eigenvalue weighted by Gasteiger charge is -2.08. The molecule has 5 heteroatoms. The van der Waals surface area contributed by atoms with Crippen LogP contribution in [0.15, 0.2) is 18.6 Å². The zero-order valence-electron chi connectivity index (χ0n) is 11.1. The topological polar surface area (TPSA) is 55.6 Å². The van der Waals surface area contributed by atoms with Gasteiger partial charge in [0.05, 0.1) is 12.5 Å². The van der Waals surface area contributed by atoms with Gasteiger partial charge in [0.1, 0.15) is 11.5 Å². The summed E-state index contributed by atoms with van der Waals surface area (Å²) in [5, 5.41) is 3.29. The van der Waals surface area contributed by atoms with Gasteiger partial charge in [-0.25, -0.2) is 15.0 Å². The van der Waals surface area contributed by atoms with E-state index in [0.29, 0.717) is 0 Å². The normalized spacial score (nSPS) is 10.6. The minimum Gasteiger partial charge on any atom is -0.370 e. The van der Waals surface area contributed by atoms with Crippen LogP contribution in [0.25, 0.3) is 11.5 Å². The van der Waals surface area contributed by atoms with E-state index in [0.717, 1.165) is 42.5 Å². The highest BCUT2D eigenvalue weighted by molar-refractivity contribution is 5.52. The first kappa shape index (κ1) is 12.5. The van der Waals surface area contributed by atoms with Crippen LogP contribution in [0, 0.1) is 6.92 Å². The van der Waals surface area contributed by atoms with Crippen molar-refractivity contribution in [1.29, 1.82) is 0 Å². The Labute approximate surface area is 107 Å². The summed E-state index contributed by atoms with van der Waals surface area (Å²) < 4.78 is 2.04. The van der Waals surface area contributed by atoms with Gasteiger partial charge in [-0.1, -0.05) is 6.92 Å². The molecule has 2 heterocycles. The van der Waals surface area contributed by atoms with Gasteiger partial charge in [-0.05, 0) is 20.3 Å². The summed E-state index contributed by atoms with van der Waals surface area (Å²) in [4.78, 5) is 13.2. The Morgan fingerprint density at radius 1 is 1.28 bits per heavy atom. The summed E-state index contributed by atoms with van der Waals surface area (Å²) in [6.45, 7) is 7.98. The Bertz CT molecular complexity index is 518. The molecule has 1 N–H and O–H groups in total. The number of nitrogens with zero attached hydrogens (tertiary/aromatic N) is 4. The van der Waals surface area contributed by atoms with Gasteiger partial charge in [0.25, 0.3) is 0 Å². The Balaban J connectivity index is 2.35. The Morgan fingerprint density at radius 2 is 2.11 bits per heavy atom. The predicted molar refractivity (Wildman–Crippen MR) is 72.4 cm³/mol. The first-order valence-corrected chi connectivity index (χ1v) is 6.34. The van der Waals surface area contributed by atoms with E-state index in [1.54, 1.807) is 6.33 Å². The Kier molecular flexibility index (Phi) is 3.92. The molecule has 0 fully saturated rings. The van der Waals surface area contributed by atoms with Crippen LogP contribution >= 0.6 is 0 Å². The number of aromatic nitrogens is 4. The lowest BCUT2D eigenvalue weighted by atomic mass is 10.3. The van der Waals surface area contributed by atoms with E-state index < -0.39 is 0 Å². The predicted octanol–water partition coefficient (Wildman–Crippen LogP) is 2.49. The minimum atomic E-state index is 0.730. The van der Waals surface area contributed by atoms with Crippen molar-refractivity contribution in [2.75, 3.05) is 11.9 Å². The number of nitrogens with one attached hydrogen (secondary N) is 1. The quantitative estimate of drug-likeness (QED) is 0.879. The number of hydrogen-bond acceptors (Lipinski definition) is 4. The van der Waals surface area contributed by atoms with Gasteiger partial charge in [-0.3, -0.25) is 0 Å². The van der Waals surface area contributed by atoms with Crippen molar-refractivity contribution in [2.24, 2.45) is 0 Å². The fraction of sp³-hybridized carbons (Fsp3) is 0.462. The largest absolute Gasteiger partial charge is 0.370 e. The van der Waals surface area contributed by atoms with Crippen LogP contribution in [0.1, 0.15) is 26.0 Å². The van der Waals surface area contributed by atoms with E-state index in [2.05, 4.69) is 34.1 Å². The van der Waals surface area contributed by atoms with E-state index >= 15 is 0 Å². The highest BCUT2D eigenvalue weighted by Crippen LogP contribution is 2.17. The molecule has 0 aliphatic heterocycles. The monoisotopic (exact) mass is 245 g/mol. The maximum absolute atomic E-state index is 4.54. The molecule has 2 aromatic rings. The second-order valence-corrected chi connectivity index (χ2v) is 4.21. The second kappa shape index (κ2) is 5.62. The maximum Gasteiger partial charge on any atom is 0.180 e. The third kappa shape index (κ3) is 2.67. The zero-order chi connectivity index (χ0) is 13.0. The van der Waals surface area contributed by atoms with Crippen LogP contribution in [0.4, 0.5) is 5.82 Å². The molecule has 5 nitrogen and oxygen atoms in total. The highest BCUT2D eigenvalue weighted by atomic mass is 15.1. The Morgan fingerprint density at radius 3 is 2.83 bits per heavy atom. The van der Waals surface area contributed by atoms with Gasteiger partial charge in [0, 0.05) is 24.8 Å². The number of hydrogen-bond donors (Lipinski definition) is 1. The van der Waals surface area contributed by atoms with Gasteiger partial charge in [0.2, 0.25) is 0 Å². The van der Waals surface area contributed by atoms with Crippen LogP contribution in [0.2, 0.25) is 0 Å². The van der Waals surface area contributed by atoms with Crippen molar-refractivity contribution < 1.29 is 0 Å². The third-order valence-electron chi connectivity index (χ3n) is 2.69. The van der Waals surface area contributed by atoms with Crippen LogP contribution in [-0.4, -0.2) is 26.1 Å². The lowest BCUT2D eigenvalue weighted by molar-refractivity contribution is 0.763. The first-order chi connectivity index (χ1) is 8.74. The molecule has 2 aromatic heterocycles. The molecular weight excluding hydrogens is 226 g/mol. The van der Waals surface area contributed by atoms with Crippen molar-refractivity contribution in [3.63, 3.8) is 0 Å². The molecule has 0 aliphatic carbocycles. The van der Waals surface area contributed by atoms with Crippen molar-refractivity contribution in [3.05, 3.63) is 24.3 Å². The second-order valence-electron chi connectivity index (χ2n) is 4.21. The fourth-order valence-electron chi connectivity index (χ4n) is 1.79. The van der Waals surface area contributed by atoms with Gasteiger partial charge in [-0.2, -0.15) is 0 Å². The van der Waals surface area contributed by atoms with Crippen LogP contribution in [-0.2, 0) is 6.54 Å². The molecule has 0 bridgehead atoms. The summed E-state index contributed by atoms with van der Waals surface area (Å²) >= 11 is 0. The van der Waals surface area contributed by atoms with Crippen molar-refractivity contribution in [2.45, 2.75) is 33.7 Å². The van der Waals surface area contributed by atoms with Crippen molar-refractivity contribution in [1.82, 2.24) is 19.5 Å². The minimum absolute atomic E-state index is 0.730. The van der Waals surface area contributed by atoms with Crippen LogP contribution in [0.5, 0.6) is 0 Å². The van der Waals surface area contributed by atoms with Gasteiger partial charge >= 0.3 is 0 Å². The molecule has 18 heavy (non-hydrogen) atoms. The molecule has 0 saturated heterocycles. The molecule has 0 spiro atoms. The van der Waals surface area contributed by atoms with E-state index in [1.807, 2.05) is 23.8 Å². The molecule has 0 unspecified atom stereocenters. The molecule has 0 amide bonds. The molecule has 0 aromatic carbocycles. The summed E-state index contributed by atoms with van der Waals surface area (Å²) in [5.74, 6) is 1.61. The van der Waals surface area contributed by atoms with E-state index in [4.69, 9.17) is 0 Å². The summed E-state index contributed by atoms with van der Waals surface area (Å²) in [6, 6.07) is 1.96. The zero-order valence-corrected chi connectivity index (χ0v) is 11.1. The maximum atomic E-state index is 4.54. The highest BCUT2D eigenvalue weighted by Gasteiger charge is 2.09. The van der Waals surface area contributed by atoms with Crippen LogP contribution < -0.4 is 5.32 Å². The SMILES string of the molecule is CCCNc1cc(C)nc(-c2cncn2CC)n1. The standard InChI is InChI=1S/C13H19N5/c1-4-6-15-12-7-10(3)16-13(17-12)11-8-14-9-18(11)5-2/h7-9H,4-6H2,1-3H3,(H,15,16,17). The van der Waals surface area contributed by atoms with Gasteiger partial charge in [0.15, 0.2) is 5.82 Å². The average Bonchev–Trinajstić information content (AvgIpc) is 2.84. The van der Waals surface area contributed by atoms with Crippen LogP contribution in [0.3, 0.4) is 0 Å².